The number of aromatic nitrogens is 2. The van der Waals surface area contributed by atoms with Crippen LogP contribution in [0.1, 0.15) is 71.1 Å². The van der Waals surface area contributed by atoms with E-state index >= 15 is 0 Å². The third kappa shape index (κ3) is 17.1. The summed E-state index contributed by atoms with van der Waals surface area (Å²) < 4.78 is 43.2. The van der Waals surface area contributed by atoms with Crippen LogP contribution in [0.25, 0.3) is 6.20 Å². The quantitative estimate of drug-likeness (QED) is 0.186. The molecule has 0 bridgehead atoms. The molecule has 0 aliphatic rings. The van der Waals surface area contributed by atoms with E-state index in [2.05, 4.69) is 30.6 Å². The van der Waals surface area contributed by atoms with E-state index in [1.54, 1.807) is 0 Å². The van der Waals surface area contributed by atoms with Crippen molar-refractivity contribution >= 4 is 13.5 Å². The summed E-state index contributed by atoms with van der Waals surface area (Å²) in [6, 6.07) is 0. The van der Waals surface area contributed by atoms with Crippen molar-refractivity contribution in [3.05, 3.63) is 25.3 Å². The molecule has 140 valence electrons. The van der Waals surface area contributed by atoms with E-state index in [0.717, 1.165) is 6.54 Å². The van der Waals surface area contributed by atoms with E-state index in [0.29, 0.717) is 0 Å². The molecular formula is C17H31BF4N2. The summed E-state index contributed by atoms with van der Waals surface area (Å²) >= 11 is 0. The first-order chi connectivity index (χ1) is 11.4. The highest BCUT2D eigenvalue weighted by atomic mass is 19.5. The van der Waals surface area contributed by atoms with Crippen LogP contribution in [0.4, 0.5) is 17.3 Å². The zero-order chi connectivity index (χ0) is 18.3. The van der Waals surface area contributed by atoms with Crippen LogP contribution >= 0.6 is 0 Å². The maximum absolute atomic E-state index is 9.75. The minimum Gasteiger partial charge on any atom is -0.418 e. The summed E-state index contributed by atoms with van der Waals surface area (Å²) in [4.78, 5) is 0. The Morgan fingerprint density at radius 2 is 1.38 bits per heavy atom. The van der Waals surface area contributed by atoms with Gasteiger partial charge in [-0.05, 0) is 12.8 Å². The Morgan fingerprint density at radius 3 is 1.79 bits per heavy atom. The normalized spacial score (nSPS) is 11.0. The number of rotatable bonds is 12. The highest BCUT2D eigenvalue weighted by Gasteiger charge is 2.20. The van der Waals surface area contributed by atoms with E-state index in [-0.39, 0.29) is 0 Å². The summed E-state index contributed by atoms with van der Waals surface area (Å²) in [6.45, 7) is 7.17. The van der Waals surface area contributed by atoms with Gasteiger partial charge in [0.1, 0.15) is 12.4 Å². The van der Waals surface area contributed by atoms with Crippen molar-refractivity contribution < 1.29 is 21.8 Å². The van der Waals surface area contributed by atoms with Gasteiger partial charge in [-0.25, -0.2) is 9.13 Å². The zero-order valence-corrected chi connectivity index (χ0v) is 14.8. The SMILES string of the molecule is C=Cn1cc[n+](CCCCCCCCCCCC)c1.F[B-](F)(F)F. The minimum atomic E-state index is -6.00. The first-order valence-electron chi connectivity index (χ1n) is 8.93. The number of nitrogens with zero attached hydrogens (tertiary/aromatic N) is 2. The van der Waals surface area contributed by atoms with Gasteiger partial charge < -0.3 is 17.3 Å². The molecule has 0 aromatic carbocycles. The molecule has 0 spiro atoms. The predicted octanol–water partition coefficient (Wildman–Crippen LogP) is 6.10. The second-order valence-corrected chi connectivity index (χ2v) is 5.96. The van der Waals surface area contributed by atoms with Gasteiger partial charge in [0.2, 0.25) is 6.33 Å². The summed E-state index contributed by atoms with van der Waals surface area (Å²) in [5.74, 6) is 0. The number of halogens is 4. The lowest BCUT2D eigenvalue weighted by Crippen LogP contribution is -2.30. The van der Waals surface area contributed by atoms with Crippen LogP contribution in [0, 0.1) is 0 Å². The Morgan fingerprint density at radius 1 is 0.917 bits per heavy atom. The Bertz CT molecular complexity index is 413. The molecule has 0 unspecified atom stereocenters. The summed E-state index contributed by atoms with van der Waals surface area (Å²) in [5.41, 5.74) is 0. The Labute approximate surface area is 143 Å². The van der Waals surface area contributed by atoms with Gasteiger partial charge in [-0.1, -0.05) is 64.9 Å². The van der Waals surface area contributed by atoms with Gasteiger partial charge in [0, 0.05) is 0 Å². The molecule has 0 amide bonds. The molecular weight excluding hydrogens is 319 g/mol. The van der Waals surface area contributed by atoms with Crippen molar-refractivity contribution in [1.29, 1.82) is 0 Å². The largest absolute Gasteiger partial charge is 0.673 e. The molecule has 1 aromatic rings. The number of unbranched alkanes of at least 4 members (excludes halogenated alkanes) is 9. The Kier molecular flexibility index (Phi) is 13.4. The van der Waals surface area contributed by atoms with Crippen LogP contribution in [-0.2, 0) is 6.54 Å². The molecule has 0 radical (unpaired) electrons. The van der Waals surface area contributed by atoms with Gasteiger partial charge in [-0.15, -0.1) is 0 Å². The van der Waals surface area contributed by atoms with Crippen molar-refractivity contribution in [2.75, 3.05) is 0 Å². The molecule has 0 saturated carbocycles. The number of imidazole rings is 1. The topological polar surface area (TPSA) is 8.81 Å². The first-order valence-corrected chi connectivity index (χ1v) is 8.93. The van der Waals surface area contributed by atoms with Gasteiger partial charge >= 0.3 is 7.25 Å². The van der Waals surface area contributed by atoms with Crippen LogP contribution < -0.4 is 4.57 Å². The fourth-order valence-corrected chi connectivity index (χ4v) is 2.43. The van der Waals surface area contributed by atoms with Gasteiger partial charge in [0.05, 0.1) is 12.7 Å². The lowest BCUT2D eigenvalue weighted by molar-refractivity contribution is -0.696. The number of aryl methyl sites for hydroxylation is 1. The molecule has 0 aliphatic heterocycles. The summed E-state index contributed by atoms with van der Waals surface area (Å²) in [6.07, 6.45) is 22.1. The molecule has 1 heterocycles. The average Bonchev–Trinajstić information content (AvgIpc) is 2.95. The van der Waals surface area contributed by atoms with Crippen LogP contribution in [0.15, 0.2) is 25.3 Å². The third-order valence-electron chi connectivity index (χ3n) is 3.69. The fraction of sp³-hybridized carbons (Fsp3) is 0.706. The molecule has 0 aliphatic carbocycles. The minimum absolute atomic E-state index is 1.14. The lowest BCUT2D eigenvalue weighted by Gasteiger charge is -2.01. The average molecular weight is 350 g/mol. The van der Waals surface area contributed by atoms with E-state index in [1.807, 2.05) is 17.0 Å². The first kappa shape index (κ1) is 22.7. The van der Waals surface area contributed by atoms with E-state index in [4.69, 9.17) is 0 Å². The Hall–Kier alpha value is -1.27. The van der Waals surface area contributed by atoms with Gasteiger partial charge in [0.25, 0.3) is 0 Å². The highest BCUT2D eigenvalue weighted by molar-refractivity contribution is 6.50. The predicted molar refractivity (Wildman–Crippen MR) is 93.0 cm³/mol. The second-order valence-electron chi connectivity index (χ2n) is 5.96. The summed E-state index contributed by atoms with van der Waals surface area (Å²) in [5, 5.41) is 0. The van der Waals surface area contributed by atoms with Crippen molar-refractivity contribution in [1.82, 2.24) is 4.57 Å². The molecule has 1 rings (SSSR count). The molecule has 0 saturated heterocycles. The van der Waals surface area contributed by atoms with E-state index in [9.17, 15) is 17.3 Å². The van der Waals surface area contributed by atoms with Crippen LogP contribution in [0.3, 0.4) is 0 Å². The van der Waals surface area contributed by atoms with Crippen molar-refractivity contribution in [2.24, 2.45) is 0 Å². The van der Waals surface area contributed by atoms with Gasteiger partial charge in [0.15, 0.2) is 0 Å². The third-order valence-corrected chi connectivity index (χ3v) is 3.69. The molecule has 24 heavy (non-hydrogen) atoms. The lowest BCUT2D eigenvalue weighted by atomic mass is 10.1. The second kappa shape index (κ2) is 14.1. The maximum Gasteiger partial charge on any atom is 0.673 e. The Balaban J connectivity index is 0.000000922. The zero-order valence-electron chi connectivity index (χ0n) is 14.8. The van der Waals surface area contributed by atoms with Gasteiger partial charge in [-0.3, -0.25) is 0 Å². The van der Waals surface area contributed by atoms with Crippen molar-refractivity contribution in [3.63, 3.8) is 0 Å². The molecule has 0 N–H and O–H groups in total. The van der Waals surface area contributed by atoms with Crippen LogP contribution in [-0.4, -0.2) is 11.8 Å². The number of hydrogen-bond acceptors (Lipinski definition) is 0. The standard InChI is InChI=1S/C17H31N2.BF4/c1-3-5-6-7-8-9-10-11-12-13-14-19-16-15-18(4-2)17-19;2-1(3,4)5/h4,15-17H,2-3,5-14H2,1H3;/q+1;-1. The molecule has 7 heteroatoms. The highest BCUT2D eigenvalue weighted by Crippen LogP contribution is 2.10. The fourth-order valence-electron chi connectivity index (χ4n) is 2.43. The molecule has 0 fully saturated rings. The van der Waals surface area contributed by atoms with E-state index in [1.165, 1.54) is 64.2 Å². The van der Waals surface area contributed by atoms with Crippen molar-refractivity contribution in [2.45, 2.75) is 77.7 Å². The molecule has 0 atom stereocenters. The molecule has 1 aromatic heterocycles. The monoisotopic (exact) mass is 350 g/mol. The smallest absolute Gasteiger partial charge is 0.418 e. The van der Waals surface area contributed by atoms with E-state index < -0.39 is 7.25 Å². The van der Waals surface area contributed by atoms with Gasteiger partial charge in [-0.2, -0.15) is 0 Å². The molecule has 2 nitrogen and oxygen atoms in total. The maximum atomic E-state index is 9.75. The van der Waals surface area contributed by atoms with Crippen LogP contribution in [0.2, 0.25) is 0 Å². The number of hydrogen-bond donors (Lipinski definition) is 0. The van der Waals surface area contributed by atoms with Crippen LogP contribution in [0.5, 0.6) is 0 Å². The summed E-state index contributed by atoms with van der Waals surface area (Å²) in [7, 11) is -6.00. The van der Waals surface area contributed by atoms with Crippen molar-refractivity contribution in [3.8, 4) is 0 Å².